The minimum atomic E-state index is -0.0975. The third-order valence-corrected chi connectivity index (χ3v) is 3.63. The van der Waals surface area contributed by atoms with Gasteiger partial charge in [0.1, 0.15) is 0 Å². The number of nitrogens with zero attached hydrogens (tertiary/aromatic N) is 1. The van der Waals surface area contributed by atoms with E-state index >= 15 is 0 Å². The summed E-state index contributed by atoms with van der Waals surface area (Å²) >= 11 is 0. The highest BCUT2D eigenvalue weighted by Gasteiger charge is 2.30. The molecular weight excluding hydrogens is 230 g/mol. The Morgan fingerprint density at radius 3 is 2.94 bits per heavy atom. The highest BCUT2D eigenvalue weighted by Crippen LogP contribution is 2.28. The second-order valence-electron chi connectivity index (χ2n) is 5.67. The third-order valence-electron chi connectivity index (χ3n) is 3.63. The van der Waals surface area contributed by atoms with Crippen LogP contribution in [0.2, 0.25) is 0 Å². The van der Waals surface area contributed by atoms with Gasteiger partial charge in [0.15, 0.2) is 0 Å². The SMILES string of the molecule is CCCCOC(=O)CCN1CCCC(C)(CO)C1. The molecule has 1 saturated heterocycles. The molecule has 1 rings (SSSR count). The summed E-state index contributed by atoms with van der Waals surface area (Å²) in [6.45, 7) is 7.62. The maximum Gasteiger partial charge on any atom is 0.307 e. The van der Waals surface area contributed by atoms with Crippen LogP contribution in [0.1, 0.15) is 46.0 Å². The first-order chi connectivity index (χ1) is 8.59. The van der Waals surface area contributed by atoms with Crippen molar-refractivity contribution in [2.75, 3.05) is 32.8 Å². The average Bonchev–Trinajstić information content (AvgIpc) is 2.37. The summed E-state index contributed by atoms with van der Waals surface area (Å²) in [7, 11) is 0. The van der Waals surface area contributed by atoms with Crippen molar-refractivity contribution in [3.8, 4) is 0 Å². The molecule has 0 aromatic rings. The Balaban J connectivity index is 2.20. The molecule has 1 unspecified atom stereocenters. The second-order valence-corrected chi connectivity index (χ2v) is 5.67. The van der Waals surface area contributed by atoms with Gasteiger partial charge in [-0.1, -0.05) is 20.3 Å². The molecule has 106 valence electrons. The van der Waals surface area contributed by atoms with Crippen molar-refractivity contribution in [3.05, 3.63) is 0 Å². The van der Waals surface area contributed by atoms with E-state index in [1.54, 1.807) is 0 Å². The highest BCUT2D eigenvalue weighted by molar-refractivity contribution is 5.69. The third kappa shape index (κ3) is 5.36. The molecule has 4 nitrogen and oxygen atoms in total. The maximum atomic E-state index is 11.5. The van der Waals surface area contributed by atoms with Gasteiger partial charge in [0.25, 0.3) is 0 Å². The predicted molar refractivity (Wildman–Crippen MR) is 71.4 cm³/mol. The van der Waals surface area contributed by atoms with Crippen LogP contribution in [-0.2, 0) is 9.53 Å². The molecule has 0 aromatic carbocycles. The Hall–Kier alpha value is -0.610. The number of hydrogen-bond donors (Lipinski definition) is 1. The molecule has 0 aliphatic carbocycles. The van der Waals surface area contributed by atoms with E-state index in [1.807, 2.05) is 0 Å². The molecule has 1 heterocycles. The van der Waals surface area contributed by atoms with E-state index in [-0.39, 0.29) is 18.0 Å². The Morgan fingerprint density at radius 1 is 1.50 bits per heavy atom. The Labute approximate surface area is 110 Å². The fraction of sp³-hybridized carbons (Fsp3) is 0.929. The second kappa shape index (κ2) is 7.74. The van der Waals surface area contributed by atoms with Gasteiger partial charge in [0.05, 0.1) is 13.0 Å². The molecule has 0 spiro atoms. The quantitative estimate of drug-likeness (QED) is 0.558. The Morgan fingerprint density at radius 2 is 2.28 bits per heavy atom. The number of hydrogen-bond acceptors (Lipinski definition) is 4. The molecule has 1 aliphatic rings. The van der Waals surface area contributed by atoms with Gasteiger partial charge in [0, 0.05) is 25.1 Å². The average molecular weight is 257 g/mol. The molecule has 0 saturated carbocycles. The zero-order valence-corrected chi connectivity index (χ0v) is 11.8. The van der Waals surface area contributed by atoms with E-state index in [1.165, 1.54) is 0 Å². The van der Waals surface area contributed by atoms with Crippen LogP contribution in [0.25, 0.3) is 0 Å². The van der Waals surface area contributed by atoms with E-state index < -0.39 is 0 Å². The fourth-order valence-corrected chi connectivity index (χ4v) is 2.40. The van der Waals surface area contributed by atoms with Crippen molar-refractivity contribution in [3.63, 3.8) is 0 Å². The summed E-state index contributed by atoms with van der Waals surface area (Å²) in [5, 5.41) is 9.37. The zero-order chi connectivity index (χ0) is 13.4. The van der Waals surface area contributed by atoms with Crippen molar-refractivity contribution in [2.24, 2.45) is 5.41 Å². The molecule has 1 aliphatic heterocycles. The molecule has 0 radical (unpaired) electrons. The fourth-order valence-electron chi connectivity index (χ4n) is 2.40. The molecule has 4 heteroatoms. The number of likely N-dealkylation sites (tertiary alicyclic amines) is 1. The monoisotopic (exact) mass is 257 g/mol. The highest BCUT2D eigenvalue weighted by atomic mass is 16.5. The lowest BCUT2D eigenvalue weighted by Crippen LogP contribution is -2.44. The van der Waals surface area contributed by atoms with E-state index in [0.29, 0.717) is 13.0 Å². The maximum absolute atomic E-state index is 11.5. The molecule has 1 atom stereocenters. The number of ether oxygens (including phenoxy) is 1. The van der Waals surface area contributed by atoms with E-state index in [4.69, 9.17) is 4.74 Å². The van der Waals surface area contributed by atoms with Gasteiger partial charge in [-0.3, -0.25) is 4.79 Å². The summed E-state index contributed by atoms with van der Waals surface area (Å²) in [6.07, 6.45) is 4.63. The lowest BCUT2D eigenvalue weighted by molar-refractivity contribution is -0.144. The molecule has 1 N–H and O–H groups in total. The molecular formula is C14H27NO3. The van der Waals surface area contributed by atoms with Gasteiger partial charge in [-0.25, -0.2) is 0 Å². The standard InChI is InChI=1S/C14H27NO3/c1-3-4-10-18-13(17)6-9-15-8-5-7-14(2,11-15)12-16/h16H,3-12H2,1-2H3. The lowest BCUT2D eigenvalue weighted by atomic mass is 9.83. The van der Waals surface area contributed by atoms with Crippen LogP contribution in [0.4, 0.5) is 0 Å². The van der Waals surface area contributed by atoms with Gasteiger partial charge in [-0.05, 0) is 25.8 Å². The van der Waals surface area contributed by atoms with Crippen molar-refractivity contribution in [2.45, 2.75) is 46.0 Å². The number of carbonyl (C=O) groups is 1. The normalized spacial score (nSPS) is 25.1. The lowest BCUT2D eigenvalue weighted by Gasteiger charge is -2.39. The van der Waals surface area contributed by atoms with Crippen LogP contribution >= 0.6 is 0 Å². The van der Waals surface area contributed by atoms with Crippen LogP contribution in [0.3, 0.4) is 0 Å². The minimum absolute atomic E-state index is 0.00433. The number of esters is 1. The van der Waals surface area contributed by atoms with Crippen LogP contribution in [-0.4, -0.2) is 48.8 Å². The number of piperidine rings is 1. The summed E-state index contributed by atoms with van der Waals surface area (Å²) in [4.78, 5) is 13.8. The minimum Gasteiger partial charge on any atom is -0.466 e. The molecule has 0 amide bonds. The van der Waals surface area contributed by atoms with Crippen LogP contribution in [0.15, 0.2) is 0 Å². The van der Waals surface area contributed by atoms with Gasteiger partial charge in [0.2, 0.25) is 0 Å². The van der Waals surface area contributed by atoms with E-state index in [0.717, 1.165) is 45.3 Å². The van der Waals surface area contributed by atoms with Gasteiger partial charge >= 0.3 is 5.97 Å². The largest absolute Gasteiger partial charge is 0.466 e. The summed E-state index contributed by atoms with van der Waals surface area (Å²) in [6, 6.07) is 0. The van der Waals surface area contributed by atoms with Gasteiger partial charge in [-0.15, -0.1) is 0 Å². The van der Waals surface area contributed by atoms with Gasteiger partial charge in [-0.2, -0.15) is 0 Å². The van der Waals surface area contributed by atoms with Crippen molar-refractivity contribution < 1.29 is 14.6 Å². The number of aliphatic hydroxyl groups is 1. The first-order valence-corrected chi connectivity index (χ1v) is 7.08. The Kier molecular flexibility index (Phi) is 6.65. The van der Waals surface area contributed by atoms with Crippen LogP contribution in [0.5, 0.6) is 0 Å². The first kappa shape index (κ1) is 15.4. The smallest absolute Gasteiger partial charge is 0.307 e. The number of aliphatic hydroxyl groups excluding tert-OH is 1. The Bertz CT molecular complexity index is 257. The topological polar surface area (TPSA) is 49.8 Å². The summed E-state index contributed by atoms with van der Waals surface area (Å²) < 4.78 is 5.14. The first-order valence-electron chi connectivity index (χ1n) is 7.08. The molecule has 18 heavy (non-hydrogen) atoms. The predicted octanol–water partition coefficient (Wildman–Crippen LogP) is 1.81. The van der Waals surface area contributed by atoms with Crippen LogP contribution in [0, 0.1) is 5.41 Å². The molecule has 0 bridgehead atoms. The number of carbonyl (C=O) groups excluding carboxylic acids is 1. The van der Waals surface area contributed by atoms with Gasteiger partial charge < -0.3 is 14.7 Å². The number of rotatable bonds is 7. The van der Waals surface area contributed by atoms with Crippen molar-refractivity contribution in [1.82, 2.24) is 4.90 Å². The van der Waals surface area contributed by atoms with E-state index in [2.05, 4.69) is 18.7 Å². The molecule has 1 fully saturated rings. The van der Waals surface area contributed by atoms with Crippen molar-refractivity contribution in [1.29, 1.82) is 0 Å². The molecule has 0 aromatic heterocycles. The number of unbranched alkanes of at least 4 members (excludes halogenated alkanes) is 1. The summed E-state index contributed by atoms with van der Waals surface area (Å²) in [5.74, 6) is -0.0975. The summed E-state index contributed by atoms with van der Waals surface area (Å²) in [5.41, 5.74) is 0.00433. The van der Waals surface area contributed by atoms with Crippen LogP contribution < -0.4 is 0 Å². The van der Waals surface area contributed by atoms with E-state index in [9.17, 15) is 9.90 Å². The zero-order valence-electron chi connectivity index (χ0n) is 11.8. The van der Waals surface area contributed by atoms with Crippen molar-refractivity contribution >= 4 is 5.97 Å².